The molecular weight excluding hydrogens is 140 g/mol. The Morgan fingerprint density at radius 2 is 2.67 bits per heavy atom. The minimum atomic E-state index is 0.509. The van der Waals surface area contributed by atoms with E-state index in [0.717, 1.165) is 5.56 Å². The molecular formula is C5H7ClN2O. The van der Waals surface area contributed by atoms with Crippen LogP contribution in [0.3, 0.4) is 0 Å². The van der Waals surface area contributed by atoms with Crippen LogP contribution in [0.1, 0.15) is 5.56 Å². The molecule has 50 valence electrons. The van der Waals surface area contributed by atoms with Crippen molar-refractivity contribution in [2.45, 2.75) is 6.61 Å². The molecule has 0 aliphatic rings. The number of hydrogen-bond acceptors (Lipinski definition) is 2. The lowest BCUT2D eigenvalue weighted by molar-refractivity contribution is 0.185. The summed E-state index contributed by atoms with van der Waals surface area (Å²) < 4.78 is 4.82. The SMILES string of the molecule is COCc1cn[nH]c1Cl. The number of hydrogen-bond donors (Lipinski definition) is 1. The third kappa shape index (κ3) is 1.43. The van der Waals surface area contributed by atoms with E-state index in [-0.39, 0.29) is 0 Å². The summed E-state index contributed by atoms with van der Waals surface area (Å²) in [7, 11) is 1.61. The Bertz CT molecular complexity index is 187. The van der Waals surface area contributed by atoms with Gasteiger partial charge in [-0.25, -0.2) is 0 Å². The zero-order chi connectivity index (χ0) is 6.69. The molecule has 4 heteroatoms. The van der Waals surface area contributed by atoms with Gasteiger partial charge >= 0.3 is 0 Å². The average molecular weight is 147 g/mol. The van der Waals surface area contributed by atoms with Gasteiger partial charge in [0.2, 0.25) is 0 Å². The largest absolute Gasteiger partial charge is 0.380 e. The van der Waals surface area contributed by atoms with Gasteiger partial charge in [0.25, 0.3) is 0 Å². The molecule has 0 aliphatic heterocycles. The highest BCUT2D eigenvalue weighted by atomic mass is 35.5. The van der Waals surface area contributed by atoms with Gasteiger partial charge in [0.1, 0.15) is 5.15 Å². The van der Waals surface area contributed by atoms with E-state index in [1.807, 2.05) is 0 Å². The van der Waals surface area contributed by atoms with Crippen molar-refractivity contribution in [1.82, 2.24) is 10.2 Å². The molecule has 1 heterocycles. The minimum Gasteiger partial charge on any atom is -0.380 e. The Kier molecular flexibility index (Phi) is 2.08. The Morgan fingerprint density at radius 3 is 3.11 bits per heavy atom. The summed E-state index contributed by atoms with van der Waals surface area (Å²) in [4.78, 5) is 0. The third-order valence-electron chi connectivity index (χ3n) is 0.965. The Morgan fingerprint density at radius 1 is 1.89 bits per heavy atom. The summed E-state index contributed by atoms with van der Waals surface area (Å²) in [5.74, 6) is 0. The molecule has 0 unspecified atom stereocenters. The number of nitrogens with one attached hydrogen (secondary N) is 1. The number of nitrogens with zero attached hydrogens (tertiary/aromatic N) is 1. The van der Waals surface area contributed by atoms with Gasteiger partial charge < -0.3 is 4.74 Å². The molecule has 1 aromatic rings. The van der Waals surface area contributed by atoms with Crippen LogP contribution < -0.4 is 0 Å². The van der Waals surface area contributed by atoms with Gasteiger partial charge in [0.05, 0.1) is 12.8 Å². The highest BCUT2D eigenvalue weighted by Gasteiger charge is 1.98. The van der Waals surface area contributed by atoms with Gasteiger partial charge in [0, 0.05) is 12.7 Å². The molecule has 0 saturated heterocycles. The van der Waals surface area contributed by atoms with Gasteiger partial charge in [-0.1, -0.05) is 11.6 Å². The molecule has 0 aromatic carbocycles. The van der Waals surface area contributed by atoms with E-state index < -0.39 is 0 Å². The van der Waals surface area contributed by atoms with Crippen LogP contribution in [0, 0.1) is 0 Å². The first kappa shape index (κ1) is 6.58. The molecule has 3 nitrogen and oxygen atoms in total. The van der Waals surface area contributed by atoms with Crippen molar-refractivity contribution in [3.8, 4) is 0 Å². The van der Waals surface area contributed by atoms with Gasteiger partial charge in [-0.15, -0.1) is 0 Å². The van der Waals surface area contributed by atoms with Crippen LogP contribution in [0.5, 0.6) is 0 Å². The first-order valence-corrected chi connectivity index (χ1v) is 2.89. The molecule has 9 heavy (non-hydrogen) atoms. The predicted molar refractivity (Wildman–Crippen MR) is 34.3 cm³/mol. The van der Waals surface area contributed by atoms with Crippen LogP contribution >= 0.6 is 11.6 Å². The molecule has 0 saturated carbocycles. The van der Waals surface area contributed by atoms with Crippen LogP contribution in [-0.2, 0) is 11.3 Å². The van der Waals surface area contributed by atoms with Gasteiger partial charge in [-0.2, -0.15) is 5.10 Å². The van der Waals surface area contributed by atoms with Crippen molar-refractivity contribution in [2.75, 3.05) is 7.11 Å². The van der Waals surface area contributed by atoms with Crippen LogP contribution in [0.15, 0.2) is 6.20 Å². The zero-order valence-corrected chi connectivity index (χ0v) is 5.77. The van der Waals surface area contributed by atoms with E-state index in [0.29, 0.717) is 11.8 Å². The van der Waals surface area contributed by atoms with Crippen LogP contribution in [-0.4, -0.2) is 17.3 Å². The molecule has 0 atom stereocenters. The highest BCUT2D eigenvalue weighted by Crippen LogP contribution is 2.10. The number of H-pyrrole nitrogens is 1. The number of aromatic nitrogens is 2. The second-order valence-corrected chi connectivity index (χ2v) is 2.02. The number of methoxy groups -OCH3 is 1. The summed E-state index contributed by atoms with van der Waals surface area (Å²) in [5.41, 5.74) is 0.888. The van der Waals surface area contributed by atoms with Crippen molar-refractivity contribution in [1.29, 1.82) is 0 Å². The maximum Gasteiger partial charge on any atom is 0.129 e. The van der Waals surface area contributed by atoms with Crippen LogP contribution in [0.4, 0.5) is 0 Å². The van der Waals surface area contributed by atoms with Crippen molar-refractivity contribution in [3.05, 3.63) is 16.9 Å². The van der Waals surface area contributed by atoms with E-state index in [1.54, 1.807) is 13.3 Å². The molecule has 1 aromatic heterocycles. The standard InChI is InChI=1S/C5H7ClN2O/c1-9-3-4-2-7-8-5(4)6/h2H,3H2,1H3,(H,7,8). The first-order valence-electron chi connectivity index (χ1n) is 2.51. The lowest BCUT2D eigenvalue weighted by Gasteiger charge is -1.91. The van der Waals surface area contributed by atoms with E-state index in [4.69, 9.17) is 16.3 Å². The normalized spacial score (nSPS) is 10.0. The number of halogens is 1. The lowest BCUT2D eigenvalue weighted by atomic mass is 10.4. The number of ether oxygens (including phenoxy) is 1. The quantitative estimate of drug-likeness (QED) is 0.681. The van der Waals surface area contributed by atoms with Crippen molar-refractivity contribution >= 4 is 11.6 Å². The third-order valence-corrected chi connectivity index (χ3v) is 1.29. The van der Waals surface area contributed by atoms with E-state index in [1.165, 1.54) is 0 Å². The lowest BCUT2D eigenvalue weighted by Crippen LogP contribution is -1.83. The second kappa shape index (κ2) is 2.85. The summed E-state index contributed by atoms with van der Waals surface area (Å²) in [6.07, 6.45) is 1.64. The summed E-state index contributed by atoms with van der Waals surface area (Å²) in [5, 5.41) is 6.84. The molecule has 0 fully saturated rings. The molecule has 0 amide bonds. The fraction of sp³-hybridized carbons (Fsp3) is 0.400. The predicted octanol–water partition coefficient (Wildman–Crippen LogP) is 1.21. The smallest absolute Gasteiger partial charge is 0.129 e. The molecule has 0 aliphatic carbocycles. The van der Waals surface area contributed by atoms with E-state index in [9.17, 15) is 0 Å². The van der Waals surface area contributed by atoms with Crippen LogP contribution in [0.25, 0.3) is 0 Å². The Hall–Kier alpha value is -0.540. The maximum atomic E-state index is 5.62. The van der Waals surface area contributed by atoms with Gasteiger partial charge in [0.15, 0.2) is 0 Å². The zero-order valence-electron chi connectivity index (χ0n) is 5.02. The highest BCUT2D eigenvalue weighted by molar-refractivity contribution is 6.30. The monoisotopic (exact) mass is 146 g/mol. The summed E-state index contributed by atoms with van der Waals surface area (Å²) in [6.45, 7) is 0.509. The molecule has 0 radical (unpaired) electrons. The van der Waals surface area contributed by atoms with Crippen molar-refractivity contribution < 1.29 is 4.74 Å². The van der Waals surface area contributed by atoms with E-state index >= 15 is 0 Å². The first-order chi connectivity index (χ1) is 4.34. The molecule has 1 N–H and O–H groups in total. The summed E-state index contributed by atoms with van der Waals surface area (Å²) >= 11 is 5.62. The topological polar surface area (TPSA) is 37.9 Å². The number of aromatic amines is 1. The maximum absolute atomic E-state index is 5.62. The average Bonchev–Trinajstić information content (AvgIpc) is 2.18. The van der Waals surface area contributed by atoms with E-state index in [2.05, 4.69) is 10.2 Å². The fourth-order valence-corrected chi connectivity index (χ4v) is 0.704. The molecule has 0 spiro atoms. The van der Waals surface area contributed by atoms with Crippen LogP contribution in [0.2, 0.25) is 5.15 Å². The Balaban J connectivity index is 2.69. The second-order valence-electron chi connectivity index (χ2n) is 1.64. The molecule has 1 rings (SSSR count). The Labute approximate surface area is 58.0 Å². The minimum absolute atomic E-state index is 0.509. The fourth-order valence-electron chi connectivity index (χ4n) is 0.551. The van der Waals surface area contributed by atoms with Gasteiger partial charge in [-0.3, -0.25) is 5.10 Å². The molecule has 0 bridgehead atoms. The van der Waals surface area contributed by atoms with Crippen molar-refractivity contribution in [3.63, 3.8) is 0 Å². The number of rotatable bonds is 2. The summed E-state index contributed by atoms with van der Waals surface area (Å²) in [6, 6.07) is 0. The van der Waals surface area contributed by atoms with Crippen molar-refractivity contribution in [2.24, 2.45) is 0 Å². The van der Waals surface area contributed by atoms with Gasteiger partial charge in [-0.05, 0) is 0 Å².